The molecule has 0 bridgehead atoms. The van der Waals surface area contributed by atoms with Crippen LogP contribution in [0.15, 0.2) is 101 Å². The fourth-order valence-electron chi connectivity index (χ4n) is 5.53. The van der Waals surface area contributed by atoms with Gasteiger partial charge in [0.25, 0.3) is 0 Å². The normalized spacial score (nSPS) is 18.8. The maximum Gasteiger partial charge on any atom is 0.336 e. The summed E-state index contributed by atoms with van der Waals surface area (Å²) in [4.78, 5) is 27.0. The molecule has 2 aliphatic rings. The number of esters is 1. The summed E-state index contributed by atoms with van der Waals surface area (Å²) in [5, 5.41) is 3.40. The van der Waals surface area contributed by atoms with Crippen LogP contribution >= 0.6 is 0 Å². The molecule has 200 valence electrons. The summed E-state index contributed by atoms with van der Waals surface area (Å²) >= 11 is 0. The molecule has 3 aromatic carbocycles. The predicted octanol–water partition coefficient (Wildman–Crippen LogP) is 6.20. The molecule has 1 aliphatic carbocycles. The molecule has 2 atom stereocenters. The van der Waals surface area contributed by atoms with Crippen molar-refractivity contribution in [2.45, 2.75) is 45.1 Å². The van der Waals surface area contributed by atoms with Gasteiger partial charge in [-0.2, -0.15) is 0 Å². The van der Waals surface area contributed by atoms with Crippen molar-refractivity contribution in [1.82, 2.24) is 5.32 Å². The second-order valence-electron chi connectivity index (χ2n) is 9.83. The fourth-order valence-corrected chi connectivity index (χ4v) is 5.53. The molecule has 0 fully saturated rings. The molecule has 2 unspecified atom stereocenters. The number of carbonyl (C=O) groups excluding carboxylic acids is 2. The van der Waals surface area contributed by atoms with Crippen LogP contribution in [0.3, 0.4) is 0 Å². The van der Waals surface area contributed by atoms with Crippen molar-refractivity contribution in [3.05, 3.63) is 118 Å². The predicted molar refractivity (Wildman–Crippen MR) is 149 cm³/mol. The Morgan fingerprint density at radius 1 is 0.923 bits per heavy atom. The quantitative estimate of drug-likeness (QED) is 0.355. The van der Waals surface area contributed by atoms with Crippen LogP contribution < -0.4 is 14.8 Å². The van der Waals surface area contributed by atoms with Crippen LogP contribution in [0, 0.1) is 0 Å². The number of rotatable bonds is 8. The first-order chi connectivity index (χ1) is 19.0. The Morgan fingerprint density at radius 3 is 2.33 bits per heavy atom. The highest BCUT2D eigenvalue weighted by atomic mass is 16.5. The lowest BCUT2D eigenvalue weighted by Crippen LogP contribution is -2.36. The molecular formula is C33H33NO5. The highest BCUT2D eigenvalue weighted by Gasteiger charge is 2.41. The molecule has 0 saturated carbocycles. The van der Waals surface area contributed by atoms with Crippen molar-refractivity contribution in [2.75, 3.05) is 13.7 Å². The highest BCUT2D eigenvalue weighted by Crippen LogP contribution is 2.47. The third-order valence-electron chi connectivity index (χ3n) is 7.35. The van der Waals surface area contributed by atoms with Crippen molar-refractivity contribution < 1.29 is 23.8 Å². The van der Waals surface area contributed by atoms with Gasteiger partial charge >= 0.3 is 5.97 Å². The zero-order chi connectivity index (χ0) is 27.4. The van der Waals surface area contributed by atoms with Gasteiger partial charge in [0.2, 0.25) is 0 Å². The minimum Gasteiger partial charge on any atom is -0.493 e. The van der Waals surface area contributed by atoms with Gasteiger partial charge in [-0.3, -0.25) is 4.79 Å². The lowest BCUT2D eigenvalue weighted by atomic mass is 9.71. The number of carbonyl (C=O) groups is 2. The van der Waals surface area contributed by atoms with Gasteiger partial charge < -0.3 is 19.5 Å². The molecule has 6 heteroatoms. The first-order valence-corrected chi connectivity index (χ1v) is 13.3. The molecule has 0 saturated heterocycles. The van der Waals surface area contributed by atoms with Crippen LogP contribution in [0.2, 0.25) is 0 Å². The van der Waals surface area contributed by atoms with E-state index in [1.807, 2.05) is 73.7 Å². The van der Waals surface area contributed by atoms with E-state index in [0.717, 1.165) is 22.4 Å². The molecule has 0 amide bonds. The lowest BCUT2D eigenvalue weighted by Gasteiger charge is -2.36. The van der Waals surface area contributed by atoms with Gasteiger partial charge in [-0.1, -0.05) is 66.7 Å². The Morgan fingerprint density at radius 2 is 1.64 bits per heavy atom. The minimum atomic E-state index is -0.568. The molecule has 6 nitrogen and oxygen atoms in total. The number of ether oxygens (including phenoxy) is 3. The summed E-state index contributed by atoms with van der Waals surface area (Å²) in [6, 6.07) is 25.6. The van der Waals surface area contributed by atoms with Gasteiger partial charge in [-0.05, 0) is 55.0 Å². The molecule has 0 spiro atoms. The molecule has 1 heterocycles. The monoisotopic (exact) mass is 523 g/mol. The Balaban J connectivity index is 1.53. The summed E-state index contributed by atoms with van der Waals surface area (Å²) in [5.41, 5.74) is 5.58. The van der Waals surface area contributed by atoms with Gasteiger partial charge in [-0.25, -0.2) is 4.79 Å². The van der Waals surface area contributed by atoms with E-state index >= 15 is 0 Å². The van der Waals surface area contributed by atoms with Gasteiger partial charge in [0.1, 0.15) is 6.61 Å². The van der Waals surface area contributed by atoms with Gasteiger partial charge in [0, 0.05) is 29.3 Å². The Bertz CT molecular complexity index is 1420. The number of methoxy groups -OCH3 is 1. The summed E-state index contributed by atoms with van der Waals surface area (Å²) in [7, 11) is 1.59. The highest BCUT2D eigenvalue weighted by molar-refractivity contribution is 6.04. The summed E-state index contributed by atoms with van der Waals surface area (Å²) < 4.78 is 17.2. The standard InChI is InChI=1S/C33H33NO5/c1-4-38-33(36)30-21(2)34-26-17-25(23-13-9-6-10-14-23)18-27(35)32(26)31(30)24-15-16-28(29(19-24)37-3)39-20-22-11-7-5-8-12-22/h5-16,19,25,31,34H,4,17-18,20H2,1-3H3. The van der Waals surface area contributed by atoms with Crippen molar-refractivity contribution in [2.24, 2.45) is 0 Å². The van der Waals surface area contributed by atoms with E-state index in [4.69, 9.17) is 14.2 Å². The summed E-state index contributed by atoms with van der Waals surface area (Å²) in [5.74, 6) is 0.231. The molecule has 5 rings (SSSR count). The number of hydrogen-bond donors (Lipinski definition) is 1. The zero-order valence-electron chi connectivity index (χ0n) is 22.5. The van der Waals surface area contributed by atoms with Crippen LogP contribution in [0.4, 0.5) is 0 Å². The molecular weight excluding hydrogens is 490 g/mol. The lowest BCUT2D eigenvalue weighted by molar-refractivity contribution is -0.138. The number of benzene rings is 3. The molecule has 1 aliphatic heterocycles. The second kappa shape index (κ2) is 11.6. The average Bonchev–Trinajstić information content (AvgIpc) is 2.96. The van der Waals surface area contributed by atoms with Crippen LogP contribution in [0.25, 0.3) is 0 Å². The smallest absolute Gasteiger partial charge is 0.336 e. The van der Waals surface area contributed by atoms with Crippen molar-refractivity contribution in [3.8, 4) is 11.5 Å². The third-order valence-corrected chi connectivity index (χ3v) is 7.35. The largest absolute Gasteiger partial charge is 0.493 e. The van der Waals surface area contributed by atoms with Crippen LogP contribution in [-0.4, -0.2) is 25.5 Å². The Kier molecular flexibility index (Phi) is 7.82. The van der Waals surface area contributed by atoms with Crippen molar-refractivity contribution >= 4 is 11.8 Å². The van der Waals surface area contributed by atoms with E-state index < -0.39 is 11.9 Å². The Labute approximate surface area is 229 Å². The number of nitrogens with one attached hydrogen (secondary N) is 1. The van der Waals surface area contributed by atoms with E-state index in [1.165, 1.54) is 0 Å². The summed E-state index contributed by atoms with van der Waals surface area (Å²) in [6.07, 6.45) is 1.07. The van der Waals surface area contributed by atoms with Gasteiger partial charge in [0.15, 0.2) is 17.3 Å². The van der Waals surface area contributed by atoms with Crippen LogP contribution in [0.5, 0.6) is 11.5 Å². The maximum absolute atomic E-state index is 13.8. The van der Waals surface area contributed by atoms with E-state index in [1.54, 1.807) is 14.0 Å². The van der Waals surface area contributed by atoms with Gasteiger partial charge in [-0.15, -0.1) is 0 Å². The number of allylic oxidation sites excluding steroid dienone is 3. The topological polar surface area (TPSA) is 73.9 Å². The van der Waals surface area contributed by atoms with E-state index in [9.17, 15) is 9.59 Å². The fraction of sp³-hybridized carbons (Fsp3) is 0.273. The number of Topliss-reactive ketones (excluding diaryl/α,β-unsaturated/α-hetero) is 1. The van der Waals surface area contributed by atoms with E-state index in [-0.39, 0.29) is 18.3 Å². The first kappa shape index (κ1) is 26.3. The molecule has 1 N–H and O–H groups in total. The van der Waals surface area contributed by atoms with Crippen molar-refractivity contribution in [1.29, 1.82) is 0 Å². The maximum atomic E-state index is 13.8. The second-order valence-corrected chi connectivity index (χ2v) is 9.83. The zero-order valence-corrected chi connectivity index (χ0v) is 22.5. The van der Waals surface area contributed by atoms with Crippen LogP contribution in [0.1, 0.15) is 55.2 Å². The minimum absolute atomic E-state index is 0.0280. The number of dihydropyridines is 1. The molecule has 0 radical (unpaired) electrons. The van der Waals surface area contributed by atoms with Crippen LogP contribution in [-0.2, 0) is 20.9 Å². The third kappa shape index (κ3) is 5.46. The average molecular weight is 524 g/mol. The first-order valence-electron chi connectivity index (χ1n) is 13.3. The van der Waals surface area contributed by atoms with Gasteiger partial charge in [0.05, 0.1) is 19.3 Å². The van der Waals surface area contributed by atoms with E-state index in [0.29, 0.717) is 47.8 Å². The molecule has 0 aromatic heterocycles. The SMILES string of the molecule is CCOC(=O)C1=C(C)NC2=C(C(=O)CC(c3ccccc3)C2)C1c1ccc(OCc2ccccc2)c(OC)c1. The summed E-state index contributed by atoms with van der Waals surface area (Å²) in [6.45, 7) is 4.29. The molecule has 39 heavy (non-hydrogen) atoms. The number of hydrogen-bond acceptors (Lipinski definition) is 6. The van der Waals surface area contributed by atoms with Crippen molar-refractivity contribution in [3.63, 3.8) is 0 Å². The Hall–Kier alpha value is -4.32. The van der Waals surface area contributed by atoms with E-state index in [2.05, 4.69) is 17.4 Å². The molecule has 3 aromatic rings. The number of ketones is 1.